The van der Waals surface area contributed by atoms with Gasteiger partial charge in [0.15, 0.2) is 4.34 Å². The van der Waals surface area contributed by atoms with E-state index < -0.39 is 5.91 Å². The molecule has 1 N–H and O–H groups in total. The minimum atomic E-state index is -0.439. The largest absolute Gasteiger partial charge is 0.297 e. The first-order valence-corrected chi connectivity index (χ1v) is 9.90. The van der Waals surface area contributed by atoms with E-state index in [1.54, 1.807) is 24.0 Å². The van der Waals surface area contributed by atoms with Gasteiger partial charge in [-0.1, -0.05) is 52.9 Å². The molecule has 1 aromatic carbocycles. The summed E-state index contributed by atoms with van der Waals surface area (Å²) in [5, 5.41) is 15.4. The van der Waals surface area contributed by atoms with Crippen molar-refractivity contribution in [2.45, 2.75) is 23.9 Å². The van der Waals surface area contributed by atoms with Crippen LogP contribution < -0.4 is 5.32 Å². The number of carbonyl (C=O) groups is 1. The van der Waals surface area contributed by atoms with Crippen LogP contribution in [0.25, 0.3) is 5.78 Å². The van der Waals surface area contributed by atoms with Crippen LogP contribution in [0.15, 0.2) is 40.9 Å². The maximum Gasteiger partial charge on any atom is 0.297 e. The van der Waals surface area contributed by atoms with Crippen molar-refractivity contribution < 1.29 is 4.79 Å². The zero-order chi connectivity index (χ0) is 18.8. The molecule has 1 amide bonds. The van der Waals surface area contributed by atoms with Crippen LogP contribution in [0, 0.1) is 13.8 Å². The highest BCUT2D eigenvalue weighted by molar-refractivity contribution is 8.00. The van der Waals surface area contributed by atoms with Gasteiger partial charge in [-0.15, -0.1) is 15.3 Å². The Balaban J connectivity index is 1.41. The number of rotatable bonds is 5. The first kappa shape index (κ1) is 17.6. The summed E-state index contributed by atoms with van der Waals surface area (Å²) < 4.78 is 2.31. The van der Waals surface area contributed by atoms with Crippen molar-refractivity contribution >= 4 is 39.9 Å². The Kier molecular flexibility index (Phi) is 4.82. The minimum Gasteiger partial charge on any atom is -0.294 e. The number of thioether (sulfide) groups is 1. The molecule has 0 unspecified atom stereocenters. The highest BCUT2D eigenvalue weighted by Crippen LogP contribution is 2.28. The highest BCUT2D eigenvalue weighted by Gasteiger charge is 2.16. The Morgan fingerprint density at radius 2 is 2.00 bits per heavy atom. The van der Waals surface area contributed by atoms with E-state index in [-0.39, 0.29) is 5.82 Å². The number of aromatic nitrogens is 6. The molecule has 4 aromatic rings. The molecule has 0 saturated heterocycles. The monoisotopic (exact) mass is 397 g/mol. The van der Waals surface area contributed by atoms with Gasteiger partial charge in [0.25, 0.3) is 11.7 Å². The summed E-state index contributed by atoms with van der Waals surface area (Å²) in [5.41, 5.74) is 3.29. The van der Waals surface area contributed by atoms with Gasteiger partial charge in [0, 0.05) is 17.6 Å². The number of hydrogen-bond donors (Lipinski definition) is 1. The molecule has 27 heavy (non-hydrogen) atoms. The van der Waals surface area contributed by atoms with Gasteiger partial charge < -0.3 is 0 Å². The third-order valence-corrected chi connectivity index (χ3v) is 5.79. The van der Waals surface area contributed by atoms with Crippen molar-refractivity contribution in [3.63, 3.8) is 0 Å². The molecule has 3 heterocycles. The van der Waals surface area contributed by atoms with Gasteiger partial charge in [-0.2, -0.15) is 4.98 Å². The van der Waals surface area contributed by atoms with Gasteiger partial charge in [0.2, 0.25) is 11.0 Å². The number of nitrogens with zero attached hydrogens (tertiary/aromatic N) is 6. The van der Waals surface area contributed by atoms with Crippen LogP contribution in [0.5, 0.6) is 0 Å². The standard InChI is InChI=1S/C17H15N7OS2/c1-10-3-5-12(6-4-10)9-26-17-22-21-16(27-17)20-14(25)13-19-15-18-8-7-11(2)24(15)23-13/h3-8H,9H2,1-2H3,(H,20,21,25). The molecular weight excluding hydrogens is 382 g/mol. The van der Waals surface area contributed by atoms with Crippen LogP contribution >= 0.6 is 23.1 Å². The van der Waals surface area contributed by atoms with E-state index in [2.05, 4.69) is 61.8 Å². The van der Waals surface area contributed by atoms with E-state index in [0.29, 0.717) is 10.9 Å². The quantitative estimate of drug-likeness (QED) is 0.408. The maximum absolute atomic E-state index is 12.4. The van der Waals surface area contributed by atoms with Gasteiger partial charge >= 0.3 is 0 Å². The summed E-state index contributed by atoms with van der Waals surface area (Å²) in [6.07, 6.45) is 1.63. The van der Waals surface area contributed by atoms with Crippen LogP contribution in [0.3, 0.4) is 0 Å². The van der Waals surface area contributed by atoms with Crippen molar-refractivity contribution in [3.8, 4) is 0 Å². The van der Waals surface area contributed by atoms with Crippen molar-refractivity contribution in [1.29, 1.82) is 0 Å². The van der Waals surface area contributed by atoms with Gasteiger partial charge in [0.1, 0.15) is 0 Å². The fourth-order valence-electron chi connectivity index (χ4n) is 2.30. The number of carbonyl (C=O) groups excluding carboxylic acids is 1. The zero-order valence-corrected chi connectivity index (χ0v) is 16.2. The van der Waals surface area contributed by atoms with Gasteiger partial charge in [-0.25, -0.2) is 9.50 Å². The van der Waals surface area contributed by atoms with Crippen LogP contribution in [0.4, 0.5) is 5.13 Å². The lowest BCUT2D eigenvalue weighted by Gasteiger charge is -1.99. The predicted octanol–water partition coefficient (Wildman–Crippen LogP) is 3.14. The molecule has 0 saturated carbocycles. The second-order valence-electron chi connectivity index (χ2n) is 5.83. The summed E-state index contributed by atoms with van der Waals surface area (Å²) >= 11 is 2.90. The summed E-state index contributed by atoms with van der Waals surface area (Å²) in [4.78, 5) is 20.6. The molecule has 0 aliphatic rings. The predicted molar refractivity (Wildman–Crippen MR) is 104 cm³/mol. The van der Waals surface area contributed by atoms with E-state index >= 15 is 0 Å². The van der Waals surface area contributed by atoms with Crippen LogP contribution in [0.2, 0.25) is 0 Å². The van der Waals surface area contributed by atoms with Crippen molar-refractivity contribution in [2.75, 3.05) is 5.32 Å². The van der Waals surface area contributed by atoms with Gasteiger partial charge in [0.05, 0.1) is 0 Å². The SMILES string of the molecule is Cc1ccc(CSc2nnc(NC(=O)c3nc4nccc(C)n4n3)s2)cc1. The minimum absolute atomic E-state index is 0.0425. The molecular formula is C17H15N7OS2. The Morgan fingerprint density at radius 1 is 1.19 bits per heavy atom. The summed E-state index contributed by atoms with van der Waals surface area (Å²) in [7, 11) is 0. The molecule has 0 spiro atoms. The smallest absolute Gasteiger partial charge is 0.294 e. The van der Waals surface area contributed by atoms with Crippen LogP contribution in [0.1, 0.15) is 27.4 Å². The number of amides is 1. The number of nitrogens with one attached hydrogen (secondary N) is 1. The van der Waals surface area contributed by atoms with Crippen molar-refractivity contribution in [1.82, 2.24) is 29.8 Å². The fraction of sp³-hybridized carbons (Fsp3) is 0.176. The molecule has 3 aromatic heterocycles. The molecule has 136 valence electrons. The topological polar surface area (TPSA) is 98.0 Å². The van der Waals surface area contributed by atoms with E-state index in [4.69, 9.17) is 0 Å². The second kappa shape index (κ2) is 7.41. The first-order chi connectivity index (χ1) is 13.1. The first-order valence-electron chi connectivity index (χ1n) is 8.10. The lowest BCUT2D eigenvalue weighted by molar-refractivity contribution is 0.101. The normalized spacial score (nSPS) is 11.0. The average Bonchev–Trinajstić information content (AvgIpc) is 3.29. The Hall–Kier alpha value is -2.85. The van der Waals surface area contributed by atoms with Crippen LogP contribution in [-0.4, -0.2) is 35.7 Å². The maximum atomic E-state index is 12.4. The molecule has 0 aliphatic carbocycles. The number of aryl methyl sites for hydroxylation is 2. The summed E-state index contributed by atoms with van der Waals surface area (Å²) in [6.45, 7) is 3.93. The third kappa shape index (κ3) is 3.96. The molecule has 8 nitrogen and oxygen atoms in total. The van der Waals surface area contributed by atoms with E-state index in [1.807, 2.05) is 6.92 Å². The fourth-order valence-corrected chi connectivity index (χ4v) is 4.01. The van der Waals surface area contributed by atoms with E-state index in [1.165, 1.54) is 27.0 Å². The number of fused-ring (bicyclic) bond motifs is 1. The van der Waals surface area contributed by atoms with E-state index in [0.717, 1.165) is 15.8 Å². The number of hydrogen-bond acceptors (Lipinski definition) is 8. The number of anilines is 1. The average molecular weight is 397 g/mol. The molecule has 0 fully saturated rings. The molecule has 0 radical (unpaired) electrons. The number of benzene rings is 1. The lowest BCUT2D eigenvalue weighted by atomic mass is 10.2. The Labute approximate surface area is 163 Å². The van der Waals surface area contributed by atoms with Gasteiger partial charge in [-0.3, -0.25) is 10.1 Å². The van der Waals surface area contributed by atoms with Gasteiger partial charge in [-0.05, 0) is 25.5 Å². The Morgan fingerprint density at radius 3 is 2.78 bits per heavy atom. The molecule has 0 bridgehead atoms. The molecule has 10 heteroatoms. The molecule has 4 rings (SSSR count). The van der Waals surface area contributed by atoms with Crippen molar-refractivity contribution in [3.05, 3.63) is 59.2 Å². The Bertz CT molecular complexity index is 1100. The third-order valence-electron chi connectivity index (χ3n) is 3.74. The van der Waals surface area contributed by atoms with Crippen molar-refractivity contribution in [2.24, 2.45) is 0 Å². The van der Waals surface area contributed by atoms with E-state index in [9.17, 15) is 4.79 Å². The zero-order valence-electron chi connectivity index (χ0n) is 14.6. The summed E-state index contributed by atoms with van der Waals surface area (Å²) in [5.74, 6) is 0.778. The highest BCUT2D eigenvalue weighted by atomic mass is 32.2. The molecule has 0 aliphatic heterocycles. The van der Waals surface area contributed by atoms with Crippen LogP contribution in [-0.2, 0) is 5.75 Å². The second-order valence-corrected chi connectivity index (χ2v) is 8.03. The molecule has 0 atom stereocenters. The lowest BCUT2D eigenvalue weighted by Crippen LogP contribution is -2.13. The summed E-state index contributed by atoms with van der Waals surface area (Å²) in [6, 6.07) is 10.2.